The molecule has 1 aliphatic heterocycles. The summed E-state index contributed by atoms with van der Waals surface area (Å²) in [6.07, 6.45) is 5.35. The maximum atomic E-state index is 6.00. The van der Waals surface area contributed by atoms with E-state index in [0.29, 0.717) is 11.8 Å². The van der Waals surface area contributed by atoms with Crippen molar-refractivity contribution in [3.8, 4) is 11.8 Å². The van der Waals surface area contributed by atoms with Gasteiger partial charge in [0.1, 0.15) is 24.2 Å². The van der Waals surface area contributed by atoms with E-state index >= 15 is 0 Å². The van der Waals surface area contributed by atoms with Crippen molar-refractivity contribution in [2.45, 2.75) is 39.4 Å². The lowest BCUT2D eigenvalue weighted by atomic mass is 10.1. The van der Waals surface area contributed by atoms with E-state index in [1.807, 2.05) is 13.0 Å². The summed E-state index contributed by atoms with van der Waals surface area (Å²) in [5.74, 6) is 1.59. The molecule has 1 saturated heterocycles. The third-order valence-corrected chi connectivity index (χ3v) is 3.93. The average Bonchev–Trinajstić information content (AvgIpc) is 3.00. The lowest BCUT2D eigenvalue weighted by Crippen LogP contribution is -2.38. The van der Waals surface area contributed by atoms with Crippen LogP contribution in [0.25, 0.3) is 0 Å². The summed E-state index contributed by atoms with van der Waals surface area (Å²) < 4.78 is 16.7. The van der Waals surface area contributed by atoms with Crippen LogP contribution in [0.5, 0.6) is 11.8 Å². The minimum atomic E-state index is 0.158. The first-order valence-electron chi connectivity index (χ1n) is 7.99. The average molecular weight is 318 g/mol. The third kappa shape index (κ3) is 4.19. The number of ether oxygens (including phenoxy) is 2. The summed E-state index contributed by atoms with van der Waals surface area (Å²) in [6, 6.07) is 1.83. The van der Waals surface area contributed by atoms with Gasteiger partial charge in [-0.25, -0.2) is 9.97 Å². The van der Waals surface area contributed by atoms with Gasteiger partial charge in [-0.05, 0) is 26.3 Å². The molecule has 0 spiro atoms. The molecule has 0 unspecified atom stereocenters. The van der Waals surface area contributed by atoms with Crippen molar-refractivity contribution < 1.29 is 14.0 Å². The van der Waals surface area contributed by atoms with E-state index in [9.17, 15) is 0 Å². The molecule has 0 aromatic carbocycles. The van der Waals surface area contributed by atoms with Crippen LogP contribution in [0, 0.1) is 6.92 Å². The van der Waals surface area contributed by atoms with E-state index in [1.54, 1.807) is 12.4 Å². The molecule has 0 aliphatic carbocycles. The van der Waals surface area contributed by atoms with Gasteiger partial charge in [0.25, 0.3) is 11.8 Å². The van der Waals surface area contributed by atoms with Crippen molar-refractivity contribution in [3.05, 3.63) is 29.9 Å². The topological polar surface area (TPSA) is 73.5 Å². The lowest BCUT2D eigenvalue weighted by molar-refractivity contribution is 0.0942. The Kier molecular flexibility index (Phi) is 5.07. The van der Waals surface area contributed by atoms with Gasteiger partial charge in [-0.3, -0.25) is 0 Å². The summed E-state index contributed by atoms with van der Waals surface area (Å²) >= 11 is 0. The first-order valence-corrected chi connectivity index (χ1v) is 7.99. The van der Waals surface area contributed by atoms with E-state index in [0.717, 1.165) is 43.9 Å². The largest absolute Gasteiger partial charge is 0.470 e. The van der Waals surface area contributed by atoms with Crippen LogP contribution in [0.15, 0.2) is 23.0 Å². The Balaban J connectivity index is 1.59. The molecule has 7 heteroatoms. The molecule has 0 radical (unpaired) electrons. The van der Waals surface area contributed by atoms with E-state index in [4.69, 9.17) is 14.0 Å². The number of likely N-dealkylation sites (tertiary alicyclic amines) is 1. The number of hydrogen-bond donors (Lipinski definition) is 0. The van der Waals surface area contributed by atoms with Crippen LogP contribution in [0.2, 0.25) is 0 Å². The molecular formula is C16H22N4O3. The van der Waals surface area contributed by atoms with Crippen LogP contribution in [0.3, 0.4) is 0 Å². The zero-order valence-electron chi connectivity index (χ0n) is 13.6. The molecule has 0 amide bonds. The fraction of sp³-hybridized carbons (Fsp3) is 0.562. The molecule has 2 aromatic rings. The number of aromatic nitrogens is 3. The predicted octanol–water partition coefficient (Wildman–Crippen LogP) is 2.22. The van der Waals surface area contributed by atoms with E-state index in [2.05, 4.69) is 26.9 Å². The van der Waals surface area contributed by atoms with Crippen molar-refractivity contribution in [1.29, 1.82) is 0 Å². The SMILES string of the molecule is CCN1CCC(Oc2nccnc2OCc2cc(C)on2)CC1. The lowest BCUT2D eigenvalue weighted by Gasteiger charge is -2.30. The van der Waals surface area contributed by atoms with Gasteiger partial charge in [0, 0.05) is 31.5 Å². The van der Waals surface area contributed by atoms with Gasteiger partial charge in [-0.15, -0.1) is 0 Å². The highest BCUT2D eigenvalue weighted by Gasteiger charge is 2.21. The summed E-state index contributed by atoms with van der Waals surface area (Å²) in [6.45, 7) is 7.49. The second-order valence-electron chi connectivity index (χ2n) is 5.64. The first kappa shape index (κ1) is 15.7. The van der Waals surface area contributed by atoms with Crippen molar-refractivity contribution in [3.63, 3.8) is 0 Å². The van der Waals surface area contributed by atoms with Crippen LogP contribution < -0.4 is 9.47 Å². The summed E-state index contributed by atoms with van der Waals surface area (Å²) in [7, 11) is 0. The van der Waals surface area contributed by atoms with Gasteiger partial charge >= 0.3 is 0 Å². The molecule has 1 fully saturated rings. The molecule has 2 aromatic heterocycles. The van der Waals surface area contributed by atoms with Crippen molar-refractivity contribution in [1.82, 2.24) is 20.0 Å². The Bertz CT molecular complexity index is 623. The smallest absolute Gasteiger partial charge is 0.278 e. The van der Waals surface area contributed by atoms with Crippen molar-refractivity contribution >= 4 is 0 Å². The fourth-order valence-electron chi connectivity index (χ4n) is 2.62. The normalized spacial score (nSPS) is 16.4. The summed E-state index contributed by atoms with van der Waals surface area (Å²) in [5, 5.41) is 3.90. The number of aryl methyl sites for hydroxylation is 1. The first-order chi connectivity index (χ1) is 11.2. The molecule has 3 heterocycles. The zero-order chi connectivity index (χ0) is 16.1. The molecule has 1 aliphatic rings. The van der Waals surface area contributed by atoms with Crippen LogP contribution >= 0.6 is 0 Å². The van der Waals surface area contributed by atoms with E-state index in [1.165, 1.54) is 0 Å². The van der Waals surface area contributed by atoms with Crippen LogP contribution in [0.1, 0.15) is 31.2 Å². The van der Waals surface area contributed by atoms with Gasteiger partial charge in [-0.2, -0.15) is 0 Å². The summed E-state index contributed by atoms with van der Waals surface area (Å²) in [5.41, 5.74) is 0.718. The molecule has 0 bridgehead atoms. The number of piperidine rings is 1. The van der Waals surface area contributed by atoms with Gasteiger partial charge in [0.2, 0.25) is 0 Å². The van der Waals surface area contributed by atoms with E-state index < -0.39 is 0 Å². The third-order valence-electron chi connectivity index (χ3n) is 3.93. The van der Waals surface area contributed by atoms with Crippen LogP contribution in [-0.4, -0.2) is 45.8 Å². The molecule has 0 N–H and O–H groups in total. The minimum Gasteiger partial charge on any atom is -0.470 e. The highest BCUT2D eigenvalue weighted by molar-refractivity contribution is 5.24. The number of rotatable bonds is 6. The fourth-order valence-corrected chi connectivity index (χ4v) is 2.62. The molecule has 0 atom stereocenters. The number of nitrogens with zero attached hydrogens (tertiary/aromatic N) is 4. The second kappa shape index (κ2) is 7.41. The van der Waals surface area contributed by atoms with Gasteiger partial charge in [-0.1, -0.05) is 12.1 Å². The quantitative estimate of drug-likeness (QED) is 0.808. The Labute approximate surface area is 135 Å². The Morgan fingerprint density at radius 3 is 2.61 bits per heavy atom. The predicted molar refractivity (Wildman–Crippen MR) is 83.4 cm³/mol. The standard InChI is InChI=1S/C16H22N4O3/c1-3-20-8-4-14(5-9-20)22-16-15(17-6-7-18-16)21-11-13-10-12(2)23-19-13/h6-7,10,14H,3-5,8-9,11H2,1-2H3. The minimum absolute atomic E-state index is 0.158. The molecule has 124 valence electrons. The molecule has 7 nitrogen and oxygen atoms in total. The van der Waals surface area contributed by atoms with Crippen molar-refractivity contribution in [2.24, 2.45) is 0 Å². The maximum absolute atomic E-state index is 6.00. The monoisotopic (exact) mass is 318 g/mol. The molecule has 3 rings (SSSR count). The van der Waals surface area contributed by atoms with Crippen molar-refractivity contribution in [2.75, 3.05) is 19.6 Å². The Morgan fingerprint density at radius 1 is 1.22 bits per heavy atom. The Hall–Kier alpha value is -2.15. The number of hydrogen-bond acceptors (Lipinski definition) is 7. The second-order valence-corrected chi connectivity index (χ2v) is 5.64. The van der Waals surface area contributed by atoms with Crippen LogP contribution in [-0.2, 0) is 6.61 Å². The van der Waals surface area contributed by atoms with E-state index in [-0.39, 0.29) is 12.7 Å². The van der Waals surface area contributed by atoms with Gasteiger partial charge < -0.3 is 18.9 Å². The van der Waals surface area contributed by atoms with Gasteiger partial charge in [0.15, 0.2) is 0 Å². The highest BCUT2D eigenvalue weighted by atomic mass is 16.5. The molecule has 23 heavy (non-hydrogen) atoms. The summed E-state index contributed by atoms with van der Waals surface area (Å²) in [4.78, 5) is 10.9. The molecule has 0 saturated carbocycles. The molecular weight excluding hydrogens is 296 g/mol. The zero-order valence-corrected chi connectivity index (χ0v) is 13.6. The van der Waals surface area contributed by atoms with Crippen LogP contribution in [0.4, 0.5) is 0 Å². The maximum Gasteiger partial charge on any atom is 0.278 e. The Morgan fingerprint density at radius 2 is 1.96 bits per heavy atom. The highest BCUT2D eigenvalue weighted by Crippen LogP contribution is 2.25. The van der Waals surface area contributed by atoms with Gasteiger partial charge in [0.05, 0.1) is 0 Å².